The summed E-state index contributed by atoms with van der Waals surface area (Å²) in [4.78, 5) is 29.9. The Morgan fingerprint density at radius 3 is 2.50 bits per heavy atom. The summed E-state index contributed by atoms with van der Waals surface area (Å²) in [7, 11) is -3.95. The molecule has 0 aliphatic heterocycles. The SMILES string of the molecule is CC(=O)NS(=O)(=O)c1ccc(C(=O)c2sc3nc4c(cc3c2N)CCCCC4)cc1. The van der Waals surface area contributed by atoms with Crippen LogP contribution in [-0.4, -0.2) is 25.1 Å². The van der Waals surface area contributed by atoms with Crippen LogP contribution < -0.4 is 10.5 Å². The van der Waals surface area contributed by atoms with Gasteiger partial charge in [0.2, 0.25) is 11.7 Å². The highest BCUT2D eigenvalue weighted by molar-refractivity contribution is 7.90. The Hall–Kier alpha value is -2.78. The van der Waals surface area contributed by atoms with E-state index in [0.29, 0.717) is 16.1 Å². The van der Waals surface area contributed by atoms with Crippen LogP contribution in [-0.2, 0) is 27.7 Å². The van der Waals surface area contributed by atoms with Gasteiger partial charge in [0.15, 0.2) is 0 Å². The standard InChI is InChI=1S/C21H21N3O4S2/c1-12(25)24-30(27,28)15-9-7-13(8-10-15)19(26)20-18(22)16-11-14-5-3-2-4-6-17(14)23-21(16)29-20/h7-11H,2-6,22H2,1H3,(H,24,25). The van der Waals surface area contributed by atoms with Crippen LogP contribution in [0.3, 0.4) is 0 Å². The van der Waals surface area contributed by atoms with Gasteiger partial charge in [0.25, 0.3) is 10.0 Å². The lowest BCUT2D eigenvalue weighted by Gasteiger charge is -2.06. The highest BCUT2D eigenvalue weighted by Crippen LogP contribution is 2.36. The number of rotatable bonds is 4. The van der Waals surface area contributed by atoms with Crippen LogP contribution in [0.4, 0.5) is 5.69 Å². The molecule has 0 bridgehead atoms. The van der Waals surface area contributed by atoms with Crippen molar-refractivity contribution in [1.82, 2.24) is 9.71 Å². The van der Waals surface area contributed by atoms with Gasteiger partial charge in [-0.2, -0.15) is 0 Å². The summed E-state index contributed by atoms with van der Waals surface area (Å²) < 4.78 is 26.0. The molecule has 156 valence electrons. The number of aromatic nitrogens is 1. The van der Waals surface area contributed by atoms with Gasteiger partial charge in [-0.25, -0.2) is 18.1 Å². The molecule has 0 atom stereocenters. The Labute approximate surface area is 178 Å². The maximum absolute atomic E-state index is 13.0. The number of benzene rings is 1. The predicted octanol–water partition coefficient (Wildman–Crippen LogP) is 3.20. The first kappa shape index (κ1) is 20.5. The van der Waals surface area contributed by atoms with E-state index in [1.54, 1.807) is 0 Å². The van der Waals surface area contributed by atoms with Crippen LogP contribution in [0.2, 0.25) is 0 Å². The maximum Gasteiger partial charge on any atom is 0.264 e. The fraction of sp³-hybridized carbons (Fsp3) is 0.286. The molecule has 2 heterocycles. The largest absolute Gasteiger partial charge is 0.397 e. The summed E-state index contributed by atoms with van der Waals surface area (Å²) >= 11 is 1.26. The van der Waals surface area contributed by atoms with Gasteiger partial charge in [-0.05, 0) is 61.6 Å². The van der Waals surface area contributed by atoms with E-state index in [4.69, 9.17) is 10.7 Å². The van der Waals surface area contributed by atoms with Crippen molar-refractivity contribution in [3.63, 3.8) is 0 Å². The summed E-state index contributed by atoms with van der Waals surface area (Å²) in [5.41, 5.74) is 9.33. The molecule has 1 aromatic carbocycles. The van der Waals surface area contributed by atoms with Crippen molar-refractivity contribution in [3.05, 3.63) is 52.0 Å². The number of amides is 1. The van der Waals surface area contributed by atoms with Crippen molar-refractivity contribution >= 4 is 49.0 Å². The number of carbonyl (C=O) groups excluding carboxylic acids is 2. The molecule has 1 aliphatic rings. The van der Waals surface area contributed by atoms with Gasteiger partial charge < -0.3 is 5.73 Å². The van der Waals surface area contributed by atoms with Crippen molar-refractivity contribution in [2.24, 2.45) is 0 Å². The zero-order valence-corrected chi connectivity index (χ0v) is 18.0. The third-order valence-corrected chi connectivity index (χ3v) is 7.72. The fourth-order valence-corrected chi connectivity index (χ4v) is 5.72. The van der Waals surface area contributed by atoms with E-state index >= 15 is 0 Å². The number of aryl methyl sites for hydroxylation is 2. The summed E-state index contributed by atoms with van der Waals surface area (Å²) in [6, 6.07) is 7.49. The second kappa shape index (κ2) is 7.81. The fourth-order valence-electron chi connectivity index (χ4n) is 3.67. The van der Waals surface area contributed by atoms with Gasteiger partial charge in [0, 0.05) is 23.6 Å². The molecule has 9 heteroatoms. The normalized spacial score (nSPS) is 14.2. The first-order valence-electron chi connectivity index (χ1n) is 9.65. The average Bonchev–Trinajstić information content (AvgIpc) is 2.87. The van der Waals surface area contributed by atoms with Gasteiger partial charge in [0.05, 0.1) is 10.6 Å². The molecule has 4 rings (SSSR count). The molecule has 0 spiro atoms. The van der Waals surface area contributed by atoms with Crippen LogP contribution in [0.5, 0.6) is 0 Å². The topological polar surface area (TPSA) is 119 Å². The number of nitrogen functional groups attached to an aromatic ring is 1. The highest BCUT2D eigenvalue weighted by Gasteiger charge is 2.22. The van der Waals surface area contributed by atoms with E-state index in [-0.39, 0.29) is 10.7 Å². The van der Waals surface area contributed by atoms with E-state index in [0.717, 1.165) is 48.5 Å². The molecule has 0 fully saturated rings. The first-order valence-corrected chi connectivity index (χ1v) is 11.9. The Morgan fingerprint density at radius 1 is 1.10 bits per heavy atom. The lowest BCUT2D eigenvalue weighted by atomic mass is 10.1. The minimum Gasteiger partial charge on any atom is -0.397 e. The zero-order valence-electron chi connectivity index (χ0n) is 16.4. The molecule has 3 N–H and O–H groups in total. The monoisotopic (exact) mass is 443 g/mol. The molecule has 0 saturated carbocycles. The van der Waals surface area contributed by atoms with Crippen molar-refractivity contribution in [2.45, 2.75) is 43.9 Å². The number of carbonyl (C=O) groups is 2. The van der Waals surface area contributed by atoms with Crippen LogP contribution in [0.1, 0.15) is 52.7 Å². The second-order valence-electron chi connectivity index (χ2n) is 7.37. The first-order chi connectivity index (χ1) is 14.3. The number of nitrogens with two attached hydrogens (primary N) is 1. The van der Waals surface area contributed by atoms with E-state index in [9.17, 15) is 18.0 Å². The number of hydrogen-bond acceptors (Lipinski definition) is 7. The van der Waals surface area contributed by atoms with E-state index in [1.165, 1.54) is 47.6 Å². The molecule has 0 unspecified atom stereocenters. The molecular formula is C21H21N3O4S2. The molecule has 1 amide bonds. The molecule has 1 aliphatic carbocycles. The molecule has 30 heavy (non-hydrogen) atoms. The number of nitrogens with zero attached hydrogens (tertiary/aromatic N) is 1. The van der Waals surface area contributed by atoms with Gasteiger partial charge in [-0.1, -0.05) is 6.42 Å². The minimum atomic E-state index is -3.95. The Balaban J connectivity index is 1.68. The van der Waals surface area contributed by atoms with Crippen molar-refractivity contribution in [3.8, 4) is 0 Å². The number of hydrogen-bond donors (Lipinski definition) is 2. The lowest BCUT2D eigenvalue weighted by molar-refractivity contribution is -0.117. The molecule has 0 radical (unpaired) electrons. The minimum absolute atomic E-state index is 0.0935. The zero-order chi connectivity index (χ0) is 21.5. The van der Waals surface area contributed by atoms with Crippen molar-refractivity contribution in [1.29, 1.82) is 0 Å². The van der Waals surface area contributed by atoms with Crippen LogP contribution in [0, 0.1) is 0 Å². The number of nitrogens with one attached hydrogen (secondary N) is 1. The van der Waals surface area contributed by atoms with Crippen molar-refractivity contribution < 1.29 is 18.0 Å². The van der Waals surface area contributed by atoms with Gasteiger partial charge >= 0.3 is 0 Å². The van der Waals surface area contributed by atoms with Crippen LogP contribution in [0.15, 0.2) is 35.2 Å². The second-order valence-corrected chi connectivity index (χ2v) is 10.0. The molecule has 2 aromatic heterocycles. The molecule has 7 nitrogen and oxygen atoms in total. The Kier molecular flexibility index (Phi) is 5.33. The highest BCUT2D eigenvalue weighted by atomic mass is 32.2. The van der Waals surface area contributed by atoms with E-state index in [1.807, 2.05) is 4.72 Å². The number of anilines is 1. The maximum atomic E-state index is 13.0. The van der Waals surface area contributed by atoms with Gasteiger partial charge in [-0.3, -0.25) is 9.59 Å². The smallest absolute Gasteiger partial charge is 0.264 e. The number of fused-ring (bicyclic) bond motifs is 2. The van der Waals surface area contributed by atoms with E-state index < -0.39 is 15.9 Å². The summed E-state index contributed by atoms with van der Waals surface area (Å²) in [6.07, 6.45) is 5.35. The predicted molar refractivity (Wildman–Crippen MR) is 116 cm³/mol. The average molecular weight is 444 g/mol. The number of thiophene rings is 1. The molecule has 3 aromatic rings. The van der Waals surface area contributed by atoms with Gasteiger partial charge in [-0.15, -0.1) is 11.3 Å². The molecule has 0 saturated heterocycles. The Bertz CT molecular complexity index is 1260. The van der Waals surface area contributed by atoms with Crippen molar-refractivity contribution in [2.75, 3.05) is 5.73 Å². The summed E-state index contributed by atoms with van der Waals surface area (Å²) in [5, 5.41) is 0.800. The molecular weight excluding hydrogens is 422 g/mol. The van der Waals surface area contributed by atoms with Crippen LogP contribution >= 0.6 is 11.3 Å². The number of pyridine rings is 1. The third kappa shape index (κ3) is 3.82. The number of sulfonamides is 1. The van der Waals surface area contributed by atoms with Crippen LogP contribution in [0.25, 0.3) is 10.2 Å². The summed E-state index contributed by atoms with van der Waals surface area (Å²) in [6.45, 7) is 1.12. The third-order valence-electron chi connectivity index (χ3n) is 5.16. The Morgan fingerprint density at radius 2 is 1.80 bits per heavy atom. The summed E-state index contributed by atoms with van der Waals surface area (Å²) in [5.74, 6) is -0.965. The van der Waals surface area contributed by atoms with Gasteiger partial charge in [0.1, 0.15) is 9.71 Å². The number of ketones is 1. The van der Waals surface area contributed by atoms with E-state index in [2.05, 4.69) is 6.07 Å². The quantitative estimate of drug-likeness (QED) is 0.472. The lowest BCUT2D eigenvalue weighted by Crippen LogP contribution is -2.28.